The highest BCUT2D eigenvalue weighted by Gasteiger charge is 2.07. The summed E-state index contributed by atoms with van der Waals surface area (Å²) in [5.74, 6) is 0.0233. The number of carbonyl (C=O) groups excluding carboxylic acids is 2. The van der Waals surface area contributed by atoms with Gasteiger partial charge in [0.2, 0.25) is 5.91 Å². The molecule has 0 radical (unpaired) electrons. The summed E-state index contributed by atoms with van der Waals surface area (Å²) < 4.78 is 4.86. The van der Waals surface area contributed by atoms with Gasteiger partial charge < -0.3 is 10.1 Å². The highest BCUT2D eigenvalue weighted by Crippen LogP contribution is 2.24. The molecule has 1 amide bonds. The molecule has 4 heteroatoms. The van der Waals surface area contributed by atoms with Gasteiger partial charge in [0.1, 0.15) is 0 Å². The summed E-state index contributed by atoms with van der Waals surface area (Å²) in [6.45, 7) is 2.22. The molecule has 0 heterocycles. The largest absolute Gasteiger partial charge is 0.427 e. The fourth-order valence-corrected chi connectivity index (χ4v) is 2.61. The molecule has 3 aromatic rings. The summed E-state index contributed by atoms with van der Waals surface area (Å²) in [5.41, 5.74) is 2.27. The van der Waals surface area contributed by atoms with Crippen molar-refractivity contribution in [3.63, 3.8) is 0 Å². The average Bonchev–Trinajstić information content (AvgIpc) is 2.63. The van der Waals surface area contributed by atoms with Crippen LogP contribution in [0.25, 0.3) is 16.3 Å². The van der Waals surface area contributed by atoms with E-state index in [0.29, 0.717) is 17.9 Å². The first-order valence-electron chi connectivity index (χ1n) is 7.85. The molecule has 0 spiro atoms. The number of amides is 1. The van der Waals surface area contributed by atoms with Crippen LogP contribution >= 0.6 is 0 Å². The van der Waals surface area contributed by atoms with Crippen LogP contribution in [0, 0.1) is 0 Å². The molecule has 124 valence electrons. The highest BCUT2D eigenvalue weighted by atomic mass is 16.5. The summed E-state index contributed by atoms with van der Waals surface area (Å²) in [5, 5.41) is 5.01. The van der Waals surface area contributed by atoms with E-state index in [2.05, 4.69) is 17.4 Å². The number of carbonyl (C=O) groups is 2. The van der Waals surface area contributed by atoms with Gasteiger partial charge in [-0.25, -0.2) is 0 Å². The number of hydrogen-bond donors (Lipinski definition) is 1. The van der Waals surface area contributed by atoms with Gasteiger partial charge in [-0.3, -0.25) is 9.59 Å². The Hall–Kier alpha value is -3.40. The third-order valence-corrected chi connectivity index (χ3v) is 3.87. The van der Waals surface area contributed by atoms with Crippen LogP contribution in [0.1, 0.15) is 12.5 Å². The fraction of sp³-hybridized carbons (Fsp3) is 0.0476. The van der Waals surface area contributed by atoms with Crippen molar-refractivity contribution in [1.82, 2.24) is 0 Å². The fourth-order valence-electron chi connectivity index (χ4n) is 2.61. The normalized spacial score (nSPS) is 11.2. The lowest BCUT2D eigenvalue weighted by Crippen LogP contribution is -2.09. The molecule has 0 aliphatic heterocycles. The topological polar surface area (TPSA) is 55.4 Å². The first kappa shape index (κ1) is 16.5. The first-order valence-corrected chi connectivity index (χ1v) is 7.85. The van der Waals surface area contributed by atoms with Crippen LogP contribution in [0.3, 0.4) is 0 Å². The van der Waals surface area contributed by atoms with Crippen LogP contribution in [0.4, 0.5) is 5.69 Å². The molecular formula is C21H17NO3. The summed E-state index contributed by atoms with van der Waals surface area (Å²) in [4.78, 5) is 22.8. The molecule has 0 saturated carbocycles. The molecular weight excluding hydrogens is 314 g/mol. The Morgan fingerprint density at radius 1 is 0.960 bits per heavy atom. The smallest absolute Gasteiger partial charge is 0.298 e. The maximum Gasteiger partial charge on any atom is 0.298 e. The van der Waals surface area contributed by atoms with Crippen molar-refractivity contribution in [2.75, 3.05) is 5.32 Å². The Balaban J connectivity index is 1.81. The minimum absolute atomic E-state index is 0.285. The maximum atomic E-state index is 12.3. The lowest BCUT2D eigenvalue weighted by atomic mass is 10.0. The SMILES string of the molecule is C/C(=C\C(=O)Nc1ccccc1OC=O)c1ccc2ccccc2c1. The van der Waals surface area contributed by atoms with Gasteiger partial charge in [-0.2, -0.15) is 0 Å². The zero-order chi connectivity index (χ0) is 17.6. The van der Waals surface area contributed by atoms with Crippen molar-refractivity contribution in [2.24, 2.45) is 0 Å². The Morgan fingerprint density at radius 3 is 2.48 bits per heavy atom. The zero-order valence-corrected chi connectivity index (χ0v) is 13.7. The minimum atomic E-state index is -0.285. The van der Waals surface area contributed by atoms with Crippen LogP contribution in [0.5, 0.6) is 5.75 Å². The zero-order valence-electron chi connectivity index (χ0n) is 13.7. The number of anilines is 1. The second-order valence-electron chi connectivity index (χ2n) is 5.59. The third-order valence-electron chi connectivity index (χ3n) is 3.87. The lowest BCUT2D eigenvalue weighted by molar-refractivity contribution is -0.120. The molecule has 0 unspecified atom stereocenters. The van der Waals surface area contributed by atoms with Gasteiger partial charge >= 0.3 is 0 Å². The van der Waals surface area contributed by atoms with E-state index in [1.165, 1.54) is 6.08 Å². The van der Waals surface area contributed by atoms with Crippen molar-refractivity contribution >= 4 is 34.4 Å². The highest BCUT2D eigenvalue weighted by molar-refractivity contribution is 6.05. The Kier molecular flexibility index (Phi) is 4.90. The van der Waals surface area contributed by atoms with E-state index in [9.17, 15) is 9.59 Å². The third kappa shape index (κ3) is 3.93. The monoisotopic (exact) mass is 331 g/mol. The molecule has 3 aromatic carbocycles. The summed E-state index contributed by atoms with van der Waals surface area (Å²) in [7, 11) is 0. The van der Waals surface area contributed by atoms with Crippen LogP contribution in [-0.4, -0.2) is 12.4 Å². The first-order chi connectivity index (χ1) is 12.2. The number of para-hydroxylation sites is 2. The minimum Gasteiger partial charge on any atom is -0.427 e. The molecule has 25 heavy (non-hydrogen) atoms. The van der Waals surface area contributed by atoms with Gasteiger partial charge in [0.15, 0.2) is 5.75 Å². The molecule has 0 aromatic heterocycles. The van der Waals surface area contributed by atoms with Gasteiger partial charge in [-0.05, 0) is 47.0 Å². The molecule has 0 atom stereocenters. The van der Waals surface area contributed by atoms with Gasteiger partial charge in [0.25, 0.3) is 6.47 Å². The van der Waals surface area contributed by atoms with Crippen molar-refractivity contribution in [3.05, 3.63) is 78.4 Å². The summed E-state index contributed by atoms with van der Waals surface area (Å²) in [6, 6.07) is 20.9. The van der Waals surface area contributed by atoms with E-state index in [4.69, 9.17) is 4.74 Å². The molecule has 0 fully saturated rings. The van der Waals surface area contributed by atoms with E-state index in [0.717, 1.165) is 21.9 Å². The molecule has 0 aliphatic rings. The predicted octanol–water partition coefficient (Wildman–Crippen LogP) is 4.42. The van der Waals surface area contributed by atoms with Crippen LogP contribution < -0.4 is 10.1 Å². The van der Waals surface area contributed by atoms with E-state index < -0.39 is 0 Å². The lowest BCUT2D eigenvalue weighted by Gasteiger charge is -2.08. The van der Waals surface area contributed by atoms with Gasteiger partial charge in [0.05, 0.1) is 5.69 Å². The second-order valence-corrected chi connectivity index (χ2v) is 5.59. The van der Waals surface area contributed by atoms with Crippen molar-refractivity contribution in [3.8, 4) is 5.75 Å². The van der Waals surface area contributed by atoms with Crippen LogP contribution in [0.15, 0.2) is 72.8 Å². The molecule has 1 N–H and O–H groups in total. The molecule has 3 rings (SSSR count). The number of fused-ring (bicyclic) bond motifs is 1. The molecule has 0 bridgehead atoms. The summed E-state index contributed by atoms with van der Waals surface area (Å²) >= 11 is 0. The van der Waals surface area contributed by atoms with Crippen molar-refractivity contribution < 1.29 is 14.3 Å². The number of benzene rings is 3. The van der Waals surface area contributed by atoms with E-state index in [-0.39, 0.29) is 5.91 Å². The van der Waals surface area contributed by atoms with E-state index in [1.807, 2.05) is 37.3 Å². The Bertz CT molecular complexity index is 960. The van der Waals surface area contributed by atoms with Crippen LogP contribution in [-0.2, 0) is 9.59 Å². The Labute approximate surface area is 145 Å². The standard InChI is InChI=1S/C21H17NO3/c1-15(17-11-10-16-6-2-3-7-18(16)13-17)12-21(24)22-19-8-4-5-9-20(19)25-14-23/h2-14H,1H3,(H,22,24)/b15-12+. The quantitative estimate of drug-likeness (QED) is 0.556. The number of rotatable bonds is 5. The second kappa shape index (κ2) is 7.45. The maximum absolute atomic E-state index is 12.3. The molecule has 0 aliphatic carbocycles. The predicted molar refractivity (Wildman–Crippen MR) is 99.4 cm³/mol. The van der Waals surface area contributed by atoms with Crippen molar-refractivity contribution in [1.29, 1.82) is 0 Å². The van der Waals surface area contributed by atoms with Crippen molar-refractivity contribution in [2.45, 2.75) is 6.92 Å². The molecule has 4 nitrogen and oxygen atoms in total. The average molecular weight is 331 g/mol. The number of hydrogen-bond acceptors (Lipinski definition) is 3. The van der Waals surface area contributed by atoms with E-state index in [1.54, 1.807) is 24.3 Å². The van der Waals surface area contributed by atoms with Crippen LogP contribution in [0.2, 0.25) is 0 Å². The number of nitrogens with one attached hydrogen (secondary N) is 1. The van der Waals surface area contributed by atoms with E-state index >= 15 is 0 Å². The summed E-state index contributed by atoms with van der Waals surface area (Å²) in [6.07, 6.45) is 1.53. The number of ether oxygens (including phenoxy) is 1. The van der Waals surface area contributed by atoms with Gasteiger partial charge in [0, 0.05) is 6.08 Å². The number of allylic oxidation sites excluding steroid dienone is 1. The Morgan fingerprint density at radius 2 is 1.68 bits per heavy atom. The van der Waals surface area contributed by atoms with Gasteiger partial charge in [-0.15, -0.1) is 0 Å². The van der Waals surface area contributed by atoms with Gasteiger partial charge in [-0.1, -0.05) is 48.5 Å². The molecule has 0 saturated heterocycles.